The van der Waals surface area contributed by atoms with E-state index in [1.807, 2.05) is 0 Å². The zero-order valence-electron chi connectivity index (χ0n) is 9.15. The topological polar surface area (TPSA) is 46.5 Å². The summed E-state index contributed by atoms with van der Waals surface area (Å²) >= 11 is 0. The standard InChI is InChI=1S/C12H20O3/c13-10-7-3-4-8-11(10)15-12(14)9-5-1-2-6-9/h9-11,13H,1-8H2/t10-,11+/m1/s1. The molecule has 0 bridgehead atoms. The normalized spacial score (nSPS) is 32.9. The van der Waals surface area contributed by atoms with Crippen LogP contribution >= 0.6 is 0 Å². The minimum atomic E-state index is -0.427. The molecule has 0 unspecified atom stereocenters. The van der Waals surface area contributed by atoms with E-state index < -0.39 is 6.10 Å². The van der Waals surface area contributed by atoms with Crippen LogP contribution in [0.4, 0.5) is 0 Å². The summed E-state index contributed by atoms with van der Waals surface area (Å²) < 4.78 is 5.40. The number of hydrogen-bond acceptors (Lipinski definition) is 3. The first-order valence-corrected chi connectivity index (χ1v) is 6.16. The lowest BCUT2D eigenvalue weighted by Crippen LogP contribution is -2.35. The van der Waals surface area contributed by atoms with E-state index in [0.717, 1.165) is 51.4 Å². The molecule has 2 saturated carbocycles. The number of ether oxygens (including phenoxy) is 1. The molecule has 2 aliphatic rings. The molecule has 0 aromatic rings. The fraction of sp³-hybridized carbons (Fsp3) is 0.917. The summed E-state index contributed by atoms with van der Waals surface area (Å²) in [6.45, 7) is 0. The molecule has 2 fully saturated rings. The van der Waals surface area contributed by atoms with Crippen LogP contribution in [0.1, 0.15) is 51.4 Å². The molecule has 2 aliphatic carbocycles. The van der Waals surface area contributed by atoms with Gasteiger partial charge in [-0.15, -0.1) is 0 Å². The molecule has 0 spiro atoms. The van der Waals surface area contributed by atoms with E-state index in [0.29, 0.717) is 0 Å². The lowest BCUT2D eigenvalue weighted by molar-refractivity contribution is -0.162. The van der Waals surface area contributed by atoms with Crippen molar-refractivity contribution >= 4 is 5.97 Å². The van der Waals surface area contributed by atoms with Crippen molar-refractivity contribution in [3.8, 4) is 0 Å². The van der Waals surface area contributed by atoms with Gasteiger partial charge in [0.25, 0.3) is 0 Å². The summed E-state index contributed by atoms with van der Waals surface area (Å²) in [5.41, 5.74) is 0. The van der Waals surface area contributed by atoms with Gasteiger partial charge in [-0.1, -0.05) is 19.3 Å². The Kier molecular flexibility index (Phi) is 3.62. The zero-order chi connectivity index (χ0) is 10.7. The number of aliphatic hydroxyl groups excluding tert-OH is 1. The monoisotopic (exact) mass is 212 g/mol. The molecule has 0 aromatic carbocycles. The predicted octanol–water partition coefficient (Wildman–Crippen LogP) is 2.02. The van der Waals surface area contributed by atoms with Crippen LogP contribution in [0.2, 0.25) is 0 Å². The van der Waals surface area contributed by atoms with Crippen molar-refractivity contribution in [2.45, 2.75) is 63.6 Å². The number of hydrogen-bond donors (Lipinski definition) is 1. The van der Waals surface area contributed by atoms with Gasteiger partial charge in [0, 0.05) is 0 Å². The third-order valence-electron chi connectivity index (χ3n) is 3.62. The molecule has 2 rings (SSSR count). The average Bonchev–Trinajstić information content (AvgIpc) is 2.74. The molecular weight excluding hydrogens is 192 g/mol. The lowest BCUT2D eigenvalue weighted by atomic mass is 9.94. The second-order valence-corrected chi connectivity index (χ2v) is 4.81. The largest absolute Gasteiger partial charge is 0.459 e. The number of carbonyl (C=O) groups excluding carboxylic acids is 1. The minimum absolute atomic E-state index is 0.0709. The van der Waals surface area contributed by atoms with E-state index in [1.165, 1.54) is 0 Å². The summed E-state index contributed by atoms with van der Waals surface area (Å²) in [6, 6.07) is 0. The first-order chi connectivity index (χ1) is 7.27. The van der Waals surface area contributed by atoms with Gasteiger partial charge in [0.1, 0.15) is 6.10 Å². The Balaban J connectivity index is 1.81. The third-order valence-corrected chi connectivity index (χ3v) is 3.62. The first kappa shape index (κ1) is 10.9. The van der Waals surface area contributed by atoms with E-state index >= 15 is 0 Å². The van der Waals surface area contributed by atoms with E-state index in [-0.39, 0.29) is 18.0 Å². The van der Waals surface area contributed by atoms with Crippen LogP contribution in [0, 0.1) is 5.92 Å². The van der Waals surface area contributed by atoms with E-state index in [9.17, 15) is 9.90 Å². The molecule has 2 atom stereocenters. The van der Waals surface area contributed by atoms with Gasteiger partial charge in [0.15, 0.2) is 0 Å². The average molecular weight is 212 g/mol. The summed E-state index contributed by atoms with van der Waals surface area (Å²) in [5, 5.41) is 9.68. The minimum Gasteiger partial charge on any atom is -0.459 e. The fourth-order valence-electron chi connectivity index (χ4n) is 2.62. The molecule has 1 N–H and O–H groups in total. The molecule has 0 aromatic heterocycles. The van der Waals surface area contributed by atoms with Crippen LogP contribution in [-0.2, 0) is 9.53 Å². The smallest absolute Gasteiger partial charge is 0.309 e. The maximum atomic E-state index is 11.7. The van der Waals surface area contributed by atoms with Gasteiger partial charge in [0.2, 0.25) is 0 Å². The van der Waals surface area contributed by atoms with Crippen LogP contribution < -0.4 is 0 Å². The summed E-state index contributed by atoms with van der Waals surface area (Å²) in [4.78, 5) is 11.7. The molecule has 0 heterocycles. The van der Waals surface area contributed by atoms with E-state index in [1.54, 1.807) is 0 Å². The summed E-state index contributed by atoms with van der Waals surface area (Å²) in [6.07, 6.45) is 7.32. The van der Waals surface area contributed by atoms with Crippen molar-refractivity contribution in [1.82, 2.24) is 0 Å². The van der Waals surface area contributed by atoms with Crippen LogP contribution in [0.25, 0.3) is 0 Å². The molecule has 0 amide bonds. The summed E-state index contributed by atoms with van der Waals surface area (Å²) in [5.74, 6) is 0.0394. The van der Waals surface area contributed by atoms with Gasteiger partial charge >= 0.3 is 5.97 Å². The van der Waals surface area contributed by atoms with Crippen LogP contribution in [0.5, 0.6) is 0 Å². The van der Waals surface area contributed by atoms with Gasteiger partial charge in [-0.05, 0) is 32.1 Å². The highest BCUT2D eigenvalue weighted by Crippen LogP contribution is 2.28. The molecule has 3 heteroatoms. The van der Waals surface area contributed by atoms with Crippen LogP contribution in [-0.4, -0.2) is 23.3 Å². The first-order valence-electron chi connectivity index (χ1n) is 6.16. The molecule has 0 aliphatic heterocycles. The maximum Gasteiger partial charge on any atom is 0.309 e. The van der Waals surface area contributed by atoms with Gasteiger partial charge in [-0.3, -0.25) is 4.79 Å². The number of rotatable bonds is 2. The lowest BCUT2D eigenvalue weighted by Gasteiger charge is -2.28. The van der Waals surface area contributed by atoms with Crippen molar-refractivity contribution in [3.63, 3.8) is 0 Å². The highest BCUT2D eigenvalue weighted by Gasteiger charge is 2.30. The van der Waals surface area contributed by atoms with Crippen LogP contribution in [0.3, 0.4) is 0 Å². The molecular formula is C12H20O3. The highest BCUT2D eigenvalue weighted by molar-refractivity contribution is 5.72. The van der Waals surface area contributed by atoms with Crippen molar-refractivity contribution in [1.29, 1.82) is 0 Å². The van der Waals surface area contributed by atoms with Crippen molar-refractivity contribution in [2.24, 2.45) is 5.92 Å². The Bertz CT molecular complexity index is 221. The molecule has 3 nitrogen and oxygen atoms in total. The van der Waals surface area contributed by atoms with Crippen molar-refractivity contribution in [3.05, 3.63) is 0 Å². The second-order valence-electron chi connectivity index (χ2n) is 4.81. The maximum absolute atomic E-state index is 11.7. The highest BCUT2D eigenvalue weighted by atomic mass is 16.6. The number of aliphatic hydroxyl groups is 1. The molecule has 86 valence electrons. The fourth-order valence-corrected chi connectivity index (χ4v) is 2.62. The van der Waals surface area contributed by atoms with Gasteiger partial charge in [-0.25, -0.2) is 0 Å². The molecule has 0 saturated heterocycles. The Morgan fingerprint density at radius 3 is 2.27 bits per heavy atom. The van der Waals surface area contributed by atoms with Crippen molar-refractivity contribution in [2.75, 3.05) is 0 Å². The number of carbonyl (C=O) groups is 1. The van der Waals surface area contributed by atoms with Crippen LogP contribution in [0.15, 0.2) is 0 Å². The Morgan fingerprint density at radius 1 is 1.00 bits per heavy atom. The SMILES string of the molecule is O=C(O[C@H]1CCCC[C@H]1O)C1CCCC1. The number of esters is 1. The Morgan fingerprint density at radius 2 is 1.60 bits per heavy atom. The molecule has 0 radical (unpaired) electrons. The van der Waals surface area contributed by atoms with Gasteiger partial charge in [0.05, 0.1) is 12.0 Å². The van der Waals surface area contributed by atoms with E-state index in [2.05, 4.69) is 0 Å². The molecule has 15 heavy (non-hydrogen) atoms. The Hall–Kier alpha value is -0.570. The van der Waals surface area contributed by atoms with Gasteiger partial charge in [-0.2, -0.15) is 0 Å². The second kappa shape index (κ2) is 4.97. The predicted molar refractivity (Wildman–Crippen MR) is 56.3 cm³/mol. The summed E-state index contributed by atoms with van der Waals surface area (Å²) in [7, 11) is 0. The van der Waals surface area contributed by atoms with E-state index in [4.69, 9.17) is 4.74 Å². The quantitative estimate of drug-likeness (QED) is 0.712. The zero-order valence-corrected chi connectivity index (χ0v) is 9.15. The Labute approximate surface area is 90.8 Å². The van der Waals surface area contributed by atoms with Crippen molar-refractivity contribution < 1.29 is 14.6 Å². The van der Waals surface area contributed by atoms with Gasteiger partial charge < -0.3 is 9.84 Å². The third kappa shape index (κ3) is 2.71.